The Morgan fingerprint density at radius 1 is 1.04 bits per heavy atom. The zero-order chi connectivity index (χ0) is 18.9. The molecular weight excluding hydrogens is 320 g/mol. The Morgan fingerprint density at radius 3 is 2.32 bits per heavy atom. The summed E-state index contributed by atoms with van der Waals surface area (Å²) in [5.41, 5.74) is 0.855. The second-order valence-corrected chi connectivity index (χ2v) is 5.32. The fourth-order valence-corrected chi connectivity index (χ4v) is 2.16. The molecule has 0 fully saturated rings. The van der Waals surface area contributed by atoms with E-state index in [0.717, 1.165) is 38.2 Å². The van der Waals surface area contributed by atoms with Crippen LogP contribution in [0.3, 0.4) is 0 Å². The molecule has 1 aromatic heterocycles. The first-order valence-electron chi connectivity index (χ1n) is 9.24. The number of pyridine rings is 1. The highest BCUT2D eigenvalue weighted by atomic mass is 16.5. The van der Waals surface area contributed by atoms with E-state index in [9.17, 15) is 4.79 Å². The van der Waals surface area contributed by atoms with Crippen molar-refractivity contribution >= 4 is 5.97 Å². The molecule has 0 unspecified atom stereocenters. The summed E-state index contributed by atoms with van der Waals surface area (Å²) in [4.78, 5) is 17.4. The molecule has 0 aliphatic carbocycles. The molecule has 0 amide bonds. The first-order chi connectivity index (χ1) is 12.2. The molecule has 25 heavy (non-hydrogen) atoms. The summed E-state index contributed by atoms with van der Waals surface area (Å²) < 4.78 is 10.9. The van der Waals surface area contributed by atoms with E-state index in [-0.39, 0.29) is 5.69 Å². The highest BCUT2D eigenvalue weighted by Crippen LogP contribution is 2.05. The predicted molar refractivity (Wildman–Crippen MR) is 100 cm³/mol. The minimum Gasteiger partial charge on any atom is -0.477 e. The Balaban J connectivity index is 0.00000277. The summed E-state index contributed by atoms with van der Waals surface area (Å²) in [7, 11) is 0. The van der Waals surface area contributed by atoms with Crippen LogP contribution in [0.25, 0.3) is 0 Å². The van der Waals surface area contributed by atoms with E-state index in [1.807, 2.05) is 19.9 Å². The van der Waals surface area contributed by atoms with Crippen molar-refractivity contribution in [2.75, 3.05) is 39.5 Å². The van der Waals surface area contributed by atoms with Gasteiger partial charge in [0.15, 0.2) is 0 Å². The molecule has 1 N–H and O–H groups in total. The van der Waals surface area contributed by atoms with Crippen LogP contribution >= 0.6 is 0 Å². The Labute approximate surface area is 152 Å². The maximum absolute atomic E-state index is 11.0. The van der Waals surface area contributed by atoms with E-state index in [4.69, 9.17) is 14.6 Å². The van der Waals surface area contributed by atoms with Gasteiger partial charge in [0.2, 0.25) is 0 Å². The van der Waals surface area contributed by atoms with Crippen LogP contribution in [0.5, 0.6) is 0 Å². The van der Waals surface area contributed by atoms with Gasteiger partial charge in [0.05, 0.1) is 25.5 Å². The van der Waals surface area contributed by atoms with Crippen molar-refractivity contribution in [3.8, 4) is 0 Å². The van der Waals surface area contributed by atoms with Crippen molar-refractivity contribution in [1.29, 1.82) is 0 Å². The highest BCUT2D eigenvalue weighted by molar-refractivity contribution is 5.85. The molecule has 0 radical (unpaired) electrons. The van der Waals surface area contributed by atoms with Gasteiger partial charge in [-0.25, -0.2) is 9.78 Å². The van der Waals surface area contributed by atoms with E-state index in [0.29, 0.717) is 26.4 Å². The highest BCUT2D eigenvalue weighted by Gasteiger charge is 2.09. The largest absolute Gasteiger partial charge is 0.477 e. The number of rotatable bonds is 13. The van der Waals surface area contributed by atoms with Gasteiger partial charge in [-0.05, 0) is 31.5 Å². The van der Waals surface area contributed by atoms with E-state index in [1.54, 1.807) is 6.07 Å². The minimum atomic E-state index is -0.996. The fourth-order valence-electron chi connectivity index (χ4n) is 2.16. The normalized spacial score (nSPS) is 10.4. The van der Waals surface area contributed by atoms with Crippen LogP contribution in [-0.4, -0.2) is 60.5 Å². The van der Waals surface area contributed by atoms with Gasteiger partial charge in [-0.1, -0.05) is 33.8 Å². The smallest absolute Gasteiger partial charge is 0.354 e. The average Bonchev–Trinajstić information content (AvgIpc) is 2.63. The Hall–Kier alpha value is -1.50. The third kappa shape index (κ3) is 11.6. The van der Waals surface area contributed by atoms with Crippen LogP contribution in [0.2, 0.25) is 0 Å². The summed E-state index contributed by atoms with van der Waals surface area (Å²) in [6, 6.07) is 5.10. The van der Waals surface area contributed by atoms with E-state index < -0.39 is 5.97 Å². The number of ether oxygens (including phenoxy) is 2. The summed E-state index contributed by atoms with van der Waals surface area (Å²) in [5, 5.41) is 9.00. The second-order valence-electron chi connectivity index (χ2n) is 5.32. The van der Waals surface area contributed by atoms with Crippen LogP contribution in [0.4, 0.5) is 0 Å². The first-order valence-corrected chi connectivity index (χ1v) is 9.24. The molecule has 0 atom stereocenters. The topological polar surface area (TPSA) is 71.9 Å². The number of aromatic carboxylic acids is 1. The zero-order valence-electron chi connectivity index (χ0n) is 16.2. The van der Waals surface area contributed by atoms with Crippen molar-refractivity contribution in [2.24, 2.45) is 0 Å². The van der Waals surface area contributed by atoms with E-state index in [1.165, 1.54) is 6.07 Å². The van der Waals surface area contributed by atoms with Gasteiger partial charge in [-0.15, -0.1) is 0 Å². The molecule has 1 heterocycles. The molecule has 144 valence electrons. The van der Waals surface area contributed by atoms with E-state index in [2.05, 4.69) is 23.7 Å². The number of hydrogen-bond donors (Lipinski definition) is 1. The van der Waals surface area contributed by atoms with Gasteiger partial charge >= 0.3 is 5.97 Å². The van der Waals surface area contributed by atoms with Crippen LogP contribution < -0.4 is 0 Å². The fraction of sp³-hybridized carbons (Fsp3) is 0.684. The van der Waals surface area contributed by atoms with Gasteiger partial charge in [-0.2, -0.15) is 0 Å². The van der Waals surface area contributed by atoms with Gasteiger partial charge in [-0.3, -0.25) is 4.90 Å². The third-order valence-electron chi connectivity index (χ3n) is 3.22. The summed E-state index contributed by atoms with van der Waals surface area (Å²) in [6.45, 7) is 13.2. The first kappa shape index (κ1) is 23.5. The van der Waals surface area contributed by atoms with Crippen LogP contribution in [0, 0.1) is 0 Å². The number of carbonyl (C=O) groups is 1. The predicted octanol–water partition coefficient (Wildman–Crippen LogP) is 3.46. The maximum atomic E-state index is 11.0. The number of hydrogen-bond acceptors (Lipinski definition) is 5. The molecule has 6 heteroatoms. The number of carboxylic acids is 1. The molecular formula is C19H34N2O4. The summed E-state index contributed by atoms with van der Waals surface area (Å²) >= 11 is 0. The monoisotopic (exact) mass is 354 g/mol. The standard InChI is InChI=1S/C17H28N2O4.C2H6/c1-3-8-19(9-11-23-13-12-22-10-4-2)14-15-6-5-7-16(18-15)17(20)21;1-2/h5-7H,3-4,8-14H2,1-2H3,(H,20,21);1-2H3. The van der Waals surface area contributed by atoms with Gasteiger partial charge in [0.25, 0.3) is 0 Å². The molecule has 0 aromatic carbocycles. The Bertz CT molecular complexity index is 455. The lowest BCUT2D eigenvalue weighted by atomic mass is 10.2. The van der Waals surface area contributed by atoms with Gasteiger partial charge < -0.3 is 14.6 Å². The van der Waals surface area contributed by atoms with E-state index >= 15 is 0 Å². The molecule has 0 aliphatic heterocycles. The average molecular weight is 354 g/mol. The zero-order valence-corrected chi connectivity index (χ0v) is 16.2. The minimum absolute atomic E-state index is 0.0864. The summed E-state index contributed by atoms with van der Waals surface area (Å²) in [5.74, 6) is -0.996. The molecule has 0 bridgehead atoms. The Kier molecular flexibility index (Phi) is 15.0. The molecule has 0 spiro atoms. The molecule has 1 rings (SSSR count). The maximum Gasteiger partial charge on any atom is 0.354 e. The SMILES string of the molecule is CC.CCCOCCOCCN(CCC)Cc1cccc(C(=O)O)n1. The van der Waals surface area contributed by atoms with Crippen molar-refractivity contribution in [2.45, 2.75) is 47.1 Å². The van der Waals surface area contributed by atoms with Crippen molar-refractivity contribution in [1.82, 2.24) is 9.88 Å². The molecule has 0 saturated carbocycles. The molecule has 6 nitrogen and oxygen atoms in total. The number of aromatic nitrogens is 1. The lowest BCUT2D eigenvalue weighted by Gasteiger charge is -2.21. The van der Waals surface area contributed by atoms with Gasteiger partial charge in [0, 0.05) is 19.7 Å². The third-order valence-corrected chi connectivity index (χ3v) is 3.22. The van der Waals surface area contributed by atoms with Crippen LogP contribution in [0.1, 0.15) is 56.7 Å². The van der Waals surface area contributed by atoms with Crippen molar-refractivity contribution < 1.29 is 19.4 Å². The number of carboxylic acid groups (broad SMARTS) is 1. The van der Waals surface area contributed by atoms with Crippen LogP contribution in [0.15, 0.2) is 18.2 Å². The van der Waals surface area contributed by atoms with Crippen molar-refractivity contribution in [3.05, 3.63) is 29.6 Å². The quantitative estimate of drug-likeness (QED) is 0.547. The molecule has 0 saturated heterocycles. The van der Waals surface area contributed by atoms with Gasteiger partial charge in [0.1, 0.15) is 5.69 Å². The summed E-state index contributed by atoms with van der Waals surface area (Å²) in [6.07, 6.45) is 2.05. The second kappa shape index (κ2) is 16.0. The number of nitrogens with zero attached hydrogens (tertiary/aromatic N) is 2. The lowest BCUT2D eigenvalue weighted by molar-refractivity contribution is 0.0378. The lowest BCUT2D eigenvalue weighted by Crippen LogP contribution is -2.29. The van der Waals surface area contributed by atoms with Crippen molar-refractivity contribution in [3.63, 3.8) is 0 Å². The molecule has 1 aromatic rings. The molecule has 0 aliphatic rings. The Morgan fingerprint density at radius 2 is 1.72 bits per heavy atom. The van der Waals surface area contributed by atoms with Crippen LogP contribution in [-0.2, 0) is 16.0 Å².